The number of fused-ring (bicyclic) bond motifs is 2. The van der Waals surface area contributed by atoms with Crippen LogP contribution in [0.1, 0.15) is 30.9 Å². The molecule has 9 nitrogen and oxygen atoms in total. The zero-order chi connectivity index (χ0) is 19.5. The molecule has 1 amide bonds. The molecule has 2 aromatic heterocycles. The van der Waals surface area contributed by atoms with Gasteiger partial charge in [-0.25, -0.2) is 4.68 Å². The zero-order valence-corrected chi connectivity index (χ0v) is 15.5. The lowest BCUT2D eigenvalue weighted by Crippen LogP contribution is -2.37. The van der Waals surface area contributed by atoms with Gasteiger partial charge in [-0.05, 0) is 25.0 Å². The predicted molar refractivity (Wildman–Crippen MR) is 103 cm³/mol. The monoisotopic (exact) mass is 382 g/mol. The maximum absolute atomic E-state index is 12.5. The second kappa shape index (κ2) is 7.79. The Hall–Kier alpha value is -3.23. The molecule has 146 valence electrons. The number of hydrogen-bond acceptors (Lipinski definition) is 5. The Balaban J connectivity index is 1.40. The molecule has 9 heteroatoms. The van der Waals surface area contributed by atoms with Crippen molar-refractivity contribution in [3.05, 3.63) is 56.6 Å². The Labute approximate surface area is 160 Å². The van der Waals surface area contributed by atoms with Crippen LogP contribution < -0.4 is 16.4 Å². The molecule has 1 aliphatic heterocycles. The molecule has 1 aromatic carbocycles. The van der Waals surface area contributed by atoms with Crippen LogP contribution in [0.2, 0.25) is 0 Å². The number of aryl methyl sites for hydroxylation is 1. The maximum atomic E-state index is 12.5. The van der Waals surface area contributed by atoms with Crippen LogP contribution >= 0.6 is 0 Å². The molecule has 0 bridgehead atoms. The van der Waals surface area contributed by atoms with Gasteiger partial charge in [0, 0.05) is 25.9 Å². The highest BCUT2D eigenvalue weighted by Gasteiger charge is 2.15. The molecular weight excluding hydrogens is 360 g/mol. The number of aromatic nitrogens is 5. The summed E-state index contributed by atoms with van der Waals surface area (Å²) in [7, 11) is 0. The fourth-order valence-electron chi connectivity index (χ4n) is 3.60. The van der Waals surface area contributed by atoms with E-state index in [2.05, 4.69) is 25.2 Å². The molecule has 0 radical (unpaired) electrons. The van der Waals surface area contributed by atoms with Gasteiger partial charge in [-0.2, -0.15) is 0 Å². The molecule has 4 rings (SSSR count). The minimum atomic E-state index is -0.395. The Kier molecular flexibility index (Phi) is 5.05. The van der Waals surface area contributed by atoms with Crippen molar-refractivity contribution >= 4 is 16.7 Å². The van der Waals surface area contributed by atoms with E-state index in [1.807, 2.05) is 0 Å². The summed E-state index contributed by atoms with van der Waals surface area (Å²) >= 11 is 0. The number of benzene rings is 1. The number of hydrogen-bond donors (Lipinski definition) is 2. The van der Waals surface area contributed by atoms with Gasteiger partial charge in [0.05, 0.1) is 10.8 Å². The molecule has 1 aliphatic rings. The molecule has 0 spiro atoms. The highest BCUT2D eigenvalue weighted by atomic mass is 16.2. The third-order valence-corrected chi connectivity index (χ3v) is 5.04. The van der Waals surface area contributed by atoms with E-state index < -0.39 is 11.1 Å². The van der Waals surface area contributed by atoms with Crippen molar-refractivity contribution < 1.29 is 4.79 Å². The number of carbonyl (C=O) groups excluding carboxylic acids is 1. The molecule has 28 heavy (non-hydrogen) atoms. The normalized spacial score (nSPS) is 13.9. The lowest BCUT2D eigenvalue weighted by molar-refractivity contribution is -0.121. The summed E-state index contributed by atoms with van der Waals surface area (Å²) in [6, 6.07) is 6.55. The van der Waals surface area contributed by atoms with Gasteiger partial charge >= 0.3 is 0 Å². The average Bonchev–Trinajstić information content (AvgIpc) is 2.92. The van der Waals surface area contributed by atoms with Crippen molar-refractivity contribution in [2.75, 3.05) is 6.54 Å². The second-order valence-electron chi connectivity index (χ2n) is 6.97. The van der Waals surface area contributed by atoms with E-state index in [-0.39, 0.29) is 12.5 Å². The Morgan fingerprint density at radius 1 is 1.11 bits per heavy atom. The first kappa shape index (κ1) is 18.1. The summed E-state index contributed by atoms with van der Waals surface area (Å²) in [6.45, 7) is 1.07. The summed E-state index contributed by atoms with van der Waals surface area (Å²) in [5, 5.41) is 14.3. The molecule has 0 aliphatic carbocycles. The fourth-order valence-corrected chi connectivity index (χ4v) is 3.60. The summed E-state index contributed by atoms with van der Waals surface area (Å²) < 4.78 is 3.19. The van der Waals surface area contributed by atoms with Crippen molar-refractivity contribution in [3.63, 3.8) is 0 Å². The number of nitrogens with zero attached hydrogens (tertiary/aromatic N) is 4. The highest BCUT2D eigenvalue weighted by molar-refractivity contribution is 5.81. The number of rotatable bonds is 5. The smallest absolute Gasteiger partial charge is 0.273 e. The number of carbonyl (C=O) groups is 1. The summed E-state index contributed by atoms with van der Waals surface area (Å²) in [5.41, 5.74) is -0.790. The summed E-state index contributed by atoms with van der Waals surface area (Å²) in [5.74, 6) is 1.54. The van der Waals surface area contributed by atoms with E-state index in [0.29, 0.717) is 23.7 Å². The molecule has 0 saturated carbocycles. The van der Waals surface area contributed by atoms with Crippen LogP contribution in [-0.2, 0) is 30.7 Å². The molecule has 0 unspecified atom stereocenters. The van der Waals surface area contributed by atoms with E-state index in [4.69, 9.17) is 0 Å². The molecular formula is C19H22N6O3. The van der Waals surface area contributed by atoms with Crippen LogP contribution in [0.3, 0.4) is 0 Å². The first-order valence-electron chi connectivity index (χ1n) is 9.53. The molecule has 3 heterocycles. The molecule has 3 aromatic rings. The van der Waals surface area contributed by atoms with Gasteiger partial charge in [0.15, 0.2) is 0 Å². The van der Waals surface area contributed by atoms with E-state index >= 15 is 0 Å². The van der Waals surface area contributed by atoms with Crippen molar-refractivity contribution in [3.8, 4) is 0 Å². The maximum Gasteiger partial charge on any atom is 0.273 e. The van der Waals surface area contributed by atoms with Crippen LogP contribution in [0.25, 0.3) is 10.8 Å². The van der Waals surface area contributed by atoms with E-state index in [1.54, 1.807) is 24.3 Å². The van der Waals surface area contributed by atoms with Crippen LogP contribution in [0.5, 0.6) is 0 Å². The number of H-pyrrole nitrogens is 1. The molecule has 0 fully saturated rings. The summed E-state index contributed by atoms with van der Waals surface area (Å²) in [6.07, 6.45) is 4.95. The second-order valence-corrected chi connectivity index (χ2v) is 6.97. The molecule has 2 N–H and O–H groups in total. The minimum absolute atomic E-state index is 0.239. The first-order chi connectivity index (χ1) is 13.6. The van der Waals surface area contributed by atoms with E-state index in [1.165, 1.54) is 6.42 Å². The van der Waals surface area contributed by atoms with Gasteiger partial charge in [0.25, 0.3) is 11.1 Å². The number of amides is 1. The number of aromatic amines is 1. The Morgan fingerprint density at radius 3 is 2.79 bits per heavy atom. The van der Waals surface area contributed by atoms with Gasteiger partial charge in [0.2, 0.25) is 5.91 Å². The predicted octanol–water partition coefficient (Wildman–Crippen LogP) is 0.367. The van der Waals surface area contributed by atoms with Gasteiger partial charge in [-0.1, -0.05) is 18.6 Å². The topological polar surface area (TPSA) is 115 Å². The quantitative estimate of drug-likeness (QED) is 0.661. The van der Waals surface area contributed by atoms with Crippen LogP contribution in [-0.4, -0.2) is 37.0 Å². The Morgan fingerprint density at radius 2 is 1.93 bits per heavy atom. The molecule has 0 atom stereocenters. The van der Waals surface area contributed by atoms with Gasteiger partial charge in [-0.3, -0.25) is 19.5 Å². The van der Waals surface area contributed by atoms with Gasteiger partial charge < -0.3 is 9.88 Å². The minimum Gasteiger partial charge on any atom is -0.354 e. The van der Waals surface area contributed by atoms with Crippen molar-refractivity contribution in [2.45, 2.75) is 45.2 Å². The van der Waals surface area contributed by atoms with Crippen molar-refractivity contribution in [1.29, 1.82) is 0 Å². The third kappa shape index (κ3) is 3.60. The molecule has 0 saturated heterocycles. The lowest BCUT2D eigenvalue weighted by Gasteiger charge is -2.09. The van der Waals surface area contributed by atoms with Crippen LogP contribution in [0.15, 0.2) is 33.9 Å². The van der Waals surface area contributed by atoms with Crippen LogP contribution in [0.4, 0.5) is 0 Å². The third-order valence-electron chi connectivity index (χ3n) is 5.04. The van der Waals surface area contributed by atoms with Crippen LogP contribution in [0, 0.1) is 0 Å². The lowest BCUT2D eigenvalue weighted by atomic mass is 10.2. The standard InChI is InChI=1S/C19H22N6O3/c26-17(12-25-19(28)14-7-4-3-6-13(14)18(27)23-25)20-10-9-16-22-21-15-8-2-1-5-11-24(15)16/h3-4,6-7H,1-2,5,8-12H2,(H,20,26)(H,23,27). The Bertz CT molecular complexity index is 1130. The SMILES string of the molecule is O=C(Cn1[nH]c(=O)c2ccccc2c1=O)NCCc1nnc2n1CCCCC2. The van der Waals surface area contributed by atoms with Crippen molar-refractivity contribution in [2.24, 2.45) is 0 Å². The van der Waals surface area contributed by atoms with E-state index in [9.17, 15) is 14.4 Å². The van der Waals surface area contributed by atoms with Crippen molar-refractivity contribution in [1.82, 2.24) is 29.9 Å². The van der Waals surface area contributed by atoms with Gasteiger partial charge in [0.1, 0.15) is 18.2 Å². The number of nitrogens with one attached hydrogen (secondary N) is 2. The van der Waals surface area contributed by atoms with Gasteiger partial charge in [-0.15, -0.1) is 10.2 Å². The highest BCUT2D eigenvalue weighted by Crippen LogP contribution is 2.14. The fraction of sp³-hybridized carbons (Fsp3) is 0.421. The zero-order valence-electron chi connectivity index (χ0n) is 15.5. The average molecular weight is 382 g/mol. The summed E-state index contributed by atoms with van der Waals surface area (Å²) in [4.78, 5) is 36.8. The largest absolute Gasteiger partial charge is 0.354 e. The van der Waals surface area contributed by atoms with E-state index in [0.717, 1.165) is 42.1 Å². The first-order valence-corrected chi connectivity index (χ1v) is 9.53.